The molecule has 38 heavy (non-hydrogen) atoms. The zero-order chi connectivity index (χ0) is 25.5. The van der Waals surface area contributed by atoms with Gasteiger partial charge in [-0.2, -0.15) is 0 Å². The number of piperidine rings is 1. The first-order valence-electron chi connectivity index (χ1n) is 12.6. The molecule has 0 saturated carbocycles. The third kappa shape index (κ3) is 4.70. The number of rotatable bonds is 6. The number of hydrogen-bond donors (Lipinski definition) is 0. The van der Waals surface area contributed by atoms with Crippen LogP contribution >= 0.6 is 12.4 Å². The highest BCUT2D eigenvalue weighted by atomic mass is 35.5. The summed E-state index contributed by atoms with van der Waals surface area (Å²) < 4.78 is 27.8. The summed E-state index contributed by atoms with van der Waals surface area (Å²) in [6.45, 7) is 5.02. The van der Waals surface area contributed by atoms with Crippen molar-refractivity contribution < 1.29 is 18.7 Å². The first-order valence-corrected chi connectivity index (χ1v) is 12.6. The van der Waals surface area contributed by atoms with Crippen molar-refractivity contribution in [2.45, 2.75) is 26.3 Å². The summed E-state index contributed by atoms with van der Waals surface area (Å²) in [5, 5.41) is 0. The summed E-state index contributed by atoms with van der Waals surface area (Å²) in [6, 6.07) is 17.3. The number of aromatic nitrogens is 2. The van der Waals surface area contributed by atoms with E-state index in [2.05, 4.69) is 4.90 Å². The fraction of sp³-hybridized carbons (Fsp3) is 0.310. The van der Waals surface area contributed by atoms with Gasteiger partial charge in [-0.3, -0.25) is 13.9 Å². The Morgan fingerprint density at radius 1 is 0.974 bits per heavy atom. The number of halogens is 2. The number of likely N-dealkylation sites (tertiary alicyclic amines) is 1. The van der Waals surface area contributed by atoms with E-state index in [4.69, 9.17) is 9.47 Å². The topological polar surface area (TPSA) is 65.7 Å². The monoisotopic (exact) mass is 537 g/mol. The number of aryl methyl sites for hydroxylation is 1. The minimum Gasteiger partial charge on any atom is -0.454 e. The minimum atomic E-state index is -0.336. The summed E-state index contributed by atoms with van der Waals surface area (Å²) in [4.78, 5) is 28.8. The molecule has 2 aliphatic heterocycles. The maximum Gasteiger partial charge on any atom is 0.333 e. The van der Waals surface area contributed by atoms with E-state index in [-0.39, 0.29) is 42.4 Å². The van der Waals surface area contributed by atoms with Crippen LogP contribution in [0.15, 0.2) is 65.5 Å². The molecule has 0 radical (unpaired) electrons. The Bertz CT molecular complexity index is 1540. The van der Waals surface area contributed by atoms with E-state index in [1.165, 1.54) is 12.1 Å². The van der Waals surface area contributed by atoms with Crippen LogP contribution < -0.4 is 15.2 Å². The quantitative estimate of drug-likeness (QED) is 0.324. The highest BCUT2D eigenvalue weighted by molar-refractivity contribution is 5.97. The van der Waals surface area contributed by atoms with E-state index in [1.807, 2.05) is 47.9 Å². The van der Waals surface area contributed by atoms with Crippen LogP contribution in [0.2, 0.25) is 0 Å². The number of Topliss-reactive ketones (excluding diaryl/α,β-unsaturated/α-hetero) is 1. The SMILES string of the molecule is Cc1cccc2c1n(-c1ccc3c(c1)OCO3)c(=O)n2CCN1CCC(C(=O)c2ccc(F)cc2)CC1.Cl. The van der Waals surface area contributed by atoms with Gasteiger partial charge in [0.25, 0.3) is 0 Å². The minimum absolute atomic E-state index is 0. The molecule has 0 amide bonds. The van der Waals surface area contributed by atoms with Crippen LogP contribution in [-0.4, -0.2) is 46.2 Å². The molecule has 0 N–H and O–H groups in total. The molecule has 1 aromatic heterocycles. The molecule has 2 aliphatic rings. The number of imidazole rings is 1. The number of carbonyl (C=O) groups excluding carboxylic acids is 1. The molecule has 1 saturated heterocycles. The van der Waals surface area contributed by atoms with Gasteiger partial charge in [0.2, 0.25) is 6.79 Å². The van der Waals surface area contributed by atoms with Gasteiger partial charge in [-0.25, -0.2) is 9.18 Å². The van der Waals surface area contributed by atoms with E-state index in [0.717, 1.165) is 48.2 Å². The smallest absolute Gasteiger partial charge is 0.333 e. The predicted octanol–water partition coefficient (Wildman–Crippen LogP) is 4.99. The van der Waals surface area contributed by atoms with Crippen LogP contribution in [0.3, 0.4) is 0 Å². The third-order valence-electron chi connectivity index (χ3n) is 7.49. The summed E-state index contributed by atoms with van der Waals surface area (Å²) in [6.07, 6.45) is 1.51. The molecule has 0 unspecified atom stereocenters. The number of para-hydroxylation sites is 1. The Morgan fingerprint density at radius 3 is 2.47 bits per heavy atom. The second-order valence-electron chi connectivity index (χ2n) is 9.74. The molecule has 9 heteroatoms. The second-order valence-corrected chi connectivity index (χ2v) is 9.74. The summed E-state index contributed by atoms with van der Waals surface area (Å²) in [7, 11) is 0. The summed E-state index contributed by atoms with van der Waals surface area (Å²) >= 11 is 0. The lowest BCUT2D eigenvalue weighted by Crippen LogP contribution is -2.39. The van der Waals surface area contributed by atoms with Gasteiger partial charge in [0, 0.05) is 30.6 Å². The zero-order valence-electron chi connectivity index (χ0n) is 21.1. The first kappa shape index (κ1) is 26.0. The molecule has 0 atom stereocenters. The standard InChI is InChI=1S/C29H28FN3O4.ClH/c1-19-3-2-4-24-27(19)33(23-9-10-25-26(17-23)37-18-36-25)29(35)32(24)16-15-31-13-11-21(12-14-31)28(34)20-5-7-22(30)8-6-20;/h2-10,17,21H,11-16,18H2,1H3;1H. The zero-order valence-corrected chi connectivity index (χ0v) is 21.9. The van der Waals surface area contributed by atoms with Crippen molar-refractivity contribution in [3.63, 3.8) is 0 Å². The van der Waals surface area contributed by atoms with Crippen molar-refractivity contribution in [2.75, 3.05) is 26.4 Å². The third-order valence-corrected chi connectivity index (χ3v) is 7.49. The normalized spacial score (nSPS) is 15.5. The van der Waals surface area contributed by atoms with Crippen molar-refractivity contribution in [1.29, 1.82) is 0 Å². The molecule has 198 valence electrons. The van der Waals surface area contributed by atoms with Crippen molar-refractivity contribution in [2.24, 2.45) is 5.92 Å². The van der Waals surface area contributed by atoms with Gasteiger partial charge in [-0.15, -0.1) is 12.4 Å². The fourth-order valence-electron chi connectivity index (χ4n) is 5.46. The van der Waals surface area contributed by atoms with Gasteiger partial charge in [0.05, 0.1) is 16.7 Å². The lowest BCUT2D eigenvalue weighted by Gasteiger charge is -2.31. The molecule has 7 nitrogen and oxygen atoms in total. The van der Waals surface area contributed by atoms with Gasteiger partial charge in [0.1, 0.15) is 5.82 Å². The maximum absolute atomic E-state index is 13.7. The average Bonchev–Trinajstić information content (AvgIpc) is 3.50. The van der Waals surface area contributed by atoms with Crippen molar-refractivity contribution in [3.8, 4) is 17.2 Å². The lowest BCUT2D eigenvalue weighted by atomic mass is 9.89. The number of carbonyl (C=O) groups is 1. The van der Waals surface area contributed by atoms with Crippen LogP contribution in [0, 0.1) is 18.7 Å². The van der Waals surface area contributed by atoms with Gasteiger partial charge in [-0.05, 0) is 80.9 Å². The Labute approximate surface area is 225 Å². The Morgan fingerprint density at radius 2 is 1.71 bits per heavy atom. The molecule has 0 spiro atoms. The van der Waals surface area contributed by atoms with Crippen LogP contribution in [0.5, 0.6) is 11.5 Å². The summed E-state index contributed by atoms with van der Waals surface area (Å²) in [5.41, 5.74) is 4.01. The second kappa shape index (κ2) is 10.6. The number of nitrogens with zero attached hydrogens (tertiary/aromatic N) is 3. The number of hydrogen-bond acceptors (Lipinski definition) is 5. The van der Waals surface area contributed by atoms with Crippen LogP contribution in [0.25, 0.3) is 16.7 Å². The van der Waals surface area contributed by atoms with E-state index >= 15 is 0 Å². The number of ketones is 1. The van der Waals surface area contributed by atoms with E-state index in [9.17, 15) is 14.0 Å². The van der Waals surface area contributed by atoms with E-state index in [0.29, 0.717) is 30.2 Å². The lowest BCUT2D eigenvalue weighted by molar-refractivity contribution is 0.0837. The largest absolute Gasteiger partial charge is 0.454 e. The van der Waals surface area contributed by atoms with Crippen LogP contribution in [-0.2, 0) is 6.54 Å². The fourth-order valence-corrected chi connectivity index (χ4v) is 5.46. The van der Waals surface area contributed by atoms with Crippen molar-refractivity contribution >= 4 is 29.2 Å². The van der Waals surface area contributed by atoms with Gasteiger partial charge >= 0.3 is 5.69 Å². The number of ether oxygens (including phenoxy) is 2. The van der Waals surface area contributed by atoms with Gasteiger partial charge in [-0.1, -0.05) is 12.1 Å². The maximum atomic E-state index is 13.7. The molecule has 3 heterocycles. The number of benzene rings is 3. The molecular weight excluding hydrogens is 509 g/mol. The Kier molecular flexibility index (Phi) is 7.27. The summed E-state index contributed by atoms with van der Waals surface area (Å²) in [5.74, 6) is 1.00. The van der Waals surface area contributed by atoms with Crippen molar-refractivity contribution in [1.82, 2.24) is 14.0 Å². The predicted molar refractivity (Wildman–Crippen MR) is 146 cm³/mol. The van der Waals surface area contributed by atoms with E-state index in [1.54, 1.807) is 16.7 Å². The molecule has 6 rings (SSSR count). The van der Waals surface area contributed by atoms with Gasteiger partial charge in [0.15, 0.2) is 17.3 Å². The molecule has 1 fully saturated rings. The highest BCUT2D eigenvalue weighted by Crippen LogP contribution is 2.34. The first-order chi connectivity index (χ1) is 18.0. The average molecular weight is 538 g/mol. The van der Waals surface area contributed by atoms with Crippen LogP contribution in [0.4, 0.5) is 4.39 Å². The van der Waals surface area contributed by atoms with E-state index < -0.39 is 0 Å². The molecule has 4 aromatic rings. The Hall–Kier alpha value is -3.62. The highest BCUT2D eigenvalue weighted by Gasteiger charge is 2.26. The van der Waals surface area contributed by atoms with Crippen LogP contribution in [0.1, 0.15) is 28.8 Å². The molecule has 3 aromatic carbocycles. The molecule has 0 bridgehead atoms. The van der Waals surface area contributed by atoms with Gasteiger partial charge < -0.3 is 14.4 Å². The number of fused-ring (bicyclic) bond motifs is 2. The van der Waals surface area contributed by atoms with Crippen molar-refractivity contribution in [3.05, 3.63) is 88.1 Å². The molecule has 0 aliphatic carbocycles. The Balaban J connectivity index is 0.00000294. The molecular formula is C29H29ClFN3O4.